The Labute approximate surface area is 125 Å². The first-order valence-corrected chi connectivity index (χ1v) is 7.46. The van der Waals surface area contributed by atoms with E-state index in [9.17, 15) is 0 Å². The van der Waals surface area contributed by atoms with Crippen LogP contribution in [0.3, 0.4) is 0 Å². The molecule has 0 aromatic heterocycles. The van der Waals surface area contributed by atoms with Crippen LogP contribution in [-0.4, -0.2) is 13.1 Å². The molecule has 2 N–H and O–H groups in total. The summed E-state index contributed by atoms with van der Waals surface area (Å²) in [6, 6.07) is 14.7. The number of hydrogen-bond donors (Lipinski definition) is 1. The van der Waals surface area contributed by atoms with Crippen molar-refractivity contribution in [3.63, 3.8) is 0 Å². The summed E-state index contributed by atoms with van der Waals surface area (Å²) in [6.45, 7) is 2.51. The van der Waals surface area contributed by atoms with Gasteiger partial charge in [-0.3, -0.25) is 0 Å². The lowest BCUT2D eigenvalue weighted by atomic mass is 10.0. The fourth-order valence-electron chi connectivity index (χ4n) is 2.97. The fraction of sp³-hybridized carbons (Fsp3) is 0.294. The number of para-hydroxylation sites is 1. The van der Waals surface area contributed by atoms with Crippen LogP contribution in [0.5, 0.6) is 0 Å². The predicted molar refractivity (Wildman–Crippen MR) is 85.4 cm³/mol. The summed E-state index contributed by atoms with van der Waals surface area (Å²) < 4.78 is 0. The number of benzene rings is 2. The highest BCUT2D eigenvalue weighted by atomic mass is 35.5. The second kappa shape index (κ2) is 5.86. The van der Waals surface area contributed by atoms with Gasteiger partial charge in [-0.1, -0.05) is 48.0 Å². The second-order valence-corrected chi connectivity index (χ2v) is 5.61. The first-order valence-electron chi connectivity index (χ1n) is 7.09. The predicted octanol–water partition coefficient (Wildman–Crippen LogP) is 3.40. The molecule has 2 aromatic rings. The van der Waals surface area contributed by atoms with E-state index in [0.717, 1.165) is 42.2 Å². The quantitative estimate of drug-likeness (QED) is 0.917. The molecule has 1 heterocycles. The van der Waals surface area contributed by atoms with Crippen LogP contribution in [-0.2, 0) is 19.4 Å². The molecule has 0 saturated carbocycles. The summed E-state index contributed by atoms with van der Waals surface area (Å²) in [5.41, 5.74) is 11.0. The van der Waals surface area contributed by atoms with Crippen molar-refractivity contribution in [1.82, 2.24) is 0 Å². The molecule has 0 amide bonds. The van der Waals surface area contributed by atoms with Crippen molar-refractivity contribution in [1.29, 1.82) is 0 Å². The zero-order chi connectivity index (χ0) is 13.9. The summed E-state index contributed by atoms with van der Waals surface area (Å²) >= 11 is 6.41. The first-order chi connectivity index (χ1) is 9.79. The van der Waals surface area contributed by atoms with E-state index in [2.05, 4.69) is 35.2 Å². The fourth-order valence-corrected chi connectivity index (χ4v) is 3.28. The third-order valence-electron chi connectivity index (χ3n) is 4.03. The average Bonchev–Trinajstić information content (AvgIpc) is 2.69. The van der Waals surface area contributed by atoms with Gasteiger partial charge < -0.3 is 10.6 Å². The number of nitrogens with two attached hydrogens (primary N) is 1. The average molecular weight is 287 g/mol. The maximum Gasteiger partial charge on any atom is 0.0642 e. The molecule has 3 rings (SSSR count). The number of rotatable bonds is 2. The maximum absolute atomic E-state index is 6.41. The Morgan fingerprint density at radius 1 is 0.950 bits per heavy atom. The summed E-state index contributed by atoms with van der Waals surface area (Å²) in [4.78, 5) is 2.38. The smallest absolute Gasteiger partial charge is 0.0642 e. The van der Waals surface area contributed by atoms with Gasteiger partial charge in [-0.25, -0.2) is 0 Å². The van der Waals surface area contributed by atoms with E-state index in [4.69, 9.17) is 17.3 Å². The first kappa shape index (κ1) is 13.5. The molecule has 2 nitrogen and oxygen atoms in total. The molecule has 3 heteroatoms. The molecule has 0 spiro atoms. The van der Waals surface area contributed by atoms with Crippen molar-refractivity contribution >= 4 is 17.3 Å². The minimum Gasteiger partial charge on any atom is -0.369 e. The largest absolute Gasteiger partial charge is 0.369 e. The van der Waals surface area contributed by atoms with Gasteiger partial charge in [0.2, 0.25) is 0 Å². The summed E-state index contributed by atoms with van der Waals surface area (Å²) in [6.07, 6.45) is 2.12. The highest BCUT2D eigenvalue weighted by Gasteiger charge is 2.18. The molecular weight excluding hydrogens is 268 g/mol. The Morgan fingerprint density at radius 2 is 1.60 bits per heavy atom. The highest BCUT2D eigenvalue weighted by Crippen LogP contribution is 2.31. The van der Waals surface area contributed by atoms with E-state index >= 15 is 0 Å². The molecule has 0 atom stereocenters. The van der Waals surface area contributed by atoms with Crippen LogP contribution in [0, 0.1) is 0 Å². The molecule has 1 aliphatic rings. The second-order valence-electron chi connectivity index (χ2n) is 5.21. The number of fused-ring (bicyclic) bond motifs is 1. The molecule has 2 aromatic carbocycles. The van der Waals surface area contributed by atoms with Crippen molar-refractivity contribution < 1.29 is 0 Å². The Hall–Kier alpha value is -1.51. The number of hydrogen-bond acceptors (Lipinski definition) is 2. The van der Waals surface area contributed by atoms with Gasteiger partial charge in [0.15, 0.2) is 0 Å². The van der Waals surface area contributed by atoms with Gasteiger partial charge in [0, 0.05) is 19.6 Å². The zero-order valence-corrected chi connectivity index (χ0v) is 12.2. The molecule has 104 valence electrons. The zero-order valence-electron chi connectivity index (χ0n) is 11.5. The monoisotopic (exact) mass is 286 g/mol. The number of nitrogens with zero attached hydrogens (tertiary/aromatic N) is 1. The SMILES string of the molecule is NCc1cccc(Cl)c1N1CCc2ccccc2CC1. The molecule has 0 unspecified atom stereocenters. The normalized spacial score (nSPS) is 14.8. The molecule has 0 saturated heterocycles. The van der Waals surface area contributed by atoms with Gasteiger partial charge in [-0.2, -0.15) is 0 Å². The standard InChI is InChI=1S/C17H19ClN2/c18-16-7-3-6-15(12-19)17(16)20-10-8-13-4-1-2-5-14(13)9-11-20/h1-7H,8-12,19H2. The molecule has 0 fully saturated rings. The van der Waals surface area contributed by atoms with Crippen molar-refractivity contribution in [3.8, 4) is 0 Å². The van der Waals surface area contributed by atoms with Gasteiger partial charge in [0.1, 0.15) is 0 Å². The van der Waals surface area contributed by atoms with Gasteiger partial charge in [-0.15, -0.1) is 0 Å². The molecular formula is C17H19ClN2. The topological polar surface area (TPSA) is 29.3 Å². The van der Waals surface area contributed by atoms with E-state index in [1.54, 1.807) is 0 Å². The van der Waals surface area contributed by atoms with Gasteiger partial charge in [0.05, 0.1) is 10.7 Å². The molecule has 20 heavy (non-hydrogen) atoms. The van der Waals surface area contributed by atoms with Crippen LogP contribution in [0.4, 0.5) is 5.69 Å². The van der Waals surface area contributed by atoms with Crippen LogP contribution >= 0.6 is 11.6 Å². The molecule has 0 radical (unpaired) electrons. The molecule has 0 aliphatic carbocycles. The van der Waals surface area contributed by atoms with Crippen molar-refractivity contribution in [2.24, 2.45) is 5.73 Å². The van der Waals surface area contributed by atoms with Crippen molar-refractivity contribution in [3.05, 3.63) is 64.2 Å². The van der Waals surface area contributed by atoms with E-state index in [1.165, 1.54) is 11.1 Å². The van der Waals surface area contributed by atoms with Gasteiger partial charge >= 0.3 is 0 Å². The third kappa shape index (κ3) is 2.54. The lowest BCUT2D eigenvalue weighted by molar-refractivity contribution is 0.798. The van der Waals surface area contributed by atoms with Crippen LogP contribution < -0.4 is 10.6 Å². The van der Waals surface area contributed by atoms with E-state index in [0.29, 0.717) is 6.54 Å². The van der Waals surface area contributed by atoms with Crippen molar-refractivity contribution in [2.75, 3.05) is 18.0 Å². The number of anilines is 1. The van der Waals surface area contributed by atoms with E-state index in [-0.39, 0.29) is 0 Å². The van der Waals surface area contributed by atoms with Crippen molar-refractivity contribution in [2.45, 2.75) is 19.4 Å². The minimum absolute atomic E-state index is 0.527. The van der Waals surface area contributed by atoms with Crippen LogP contribution in [0.1, 0.15) is 16.7 Å². The van der Waals surface area contributed by atoms with Crippen LogP contribution in [0.15, 0.2) is 42.5 Å². The Morgan fingerprint density at radius 3 is 2.20 bits per heavy atom. The Kier molecular flexibility index (Phi) is 3.95. The van der Waals surface area contributed by atoms with Crippen LogP contribution in [0.25, 0.3) is 0 Å². The maximum atomic E-state index is 6.41. The Balaban J connectivity index is 1.91. The highest BCUT2D eigenvalue weighted by molar-refractivity contribution is 6.33. The van der Waals surface area contributed by atoms with Gasteiger partial charge in [0.25, 0.3) is 0 Å². The summed E-state index contributed by atoms with van der Waals surface area (Å²) in [5, 5.41) is 0.805. The summed E-state index contributed by atoms with van der Waals surface area (Å²) in [5.74, 6) is 0. The molecule has 0 bridgehead atoms. The van der Waals surface area contributed by atoms with E-state index < -0.39 is 0 Å². The molecule has 1 aliphatic heterocycles. The van der Waals surface area contributed by atoms with E-state index in [1.807, 2.05) is 12.1 Å². The van der Waals surface area contributed by atoms with Crippen LogP contribution in [0.2, 0.25) is 5.02 Å². The van der Waals surface area contributed by atoms with Gasteiger partial charge in [-0.05, 0) is 35.6 Å². The minimum atomic E-state index is 0.527. The third-order valence-corrected chi connectivity index (χ3v) is 4.33. The lowest BCUT2D eigenvalue weighted by Gasteiger charge is -2.26. The Bertz CT molecular complexity index is 583. The lowest BCUT2D eigenvalue weighted by Crippen LogP contribution is -2.27. The number of halogens is 1. The summed E-state index contributed by atoms with van der Waals surface area (Å²) in [7, 11) is 0.